The molecule has 8 heteroatoms. The number of piperidine rings is 1. The third-order valence-electron chi connectivity index (χ3n) is 2.65. The summed E-state index contributed by atoms with van der Waals surface area (Å²) in [6.07, 6.45) is -3.12. The lowest BCUT2D eigenvalue weighted by atomic mass is 10.1. The Morgan fingerprint density at radius 3 is 2.81 bits per heavy atom. The van der Waals surface area contributed by atoms with Gasteiger partial charge in [-0.15, -0.1) is 0 Å². The Bertz CT molecular complexity index is 336. The summed E-state index contributed by atoms with van der Waals surface area (Å²) in [7, 11) is 0. The van der Waals surface area contributed by atoms with Crippen molar-refractivity contribution in [2.75, 3.05) is 13.1 Å². The Hall–Kier alpha value is -1.44. The number of hydrogen-bond donors (Lipinski definition) is 1. The second kappa shape index (κ2) is 3.55. The monoisotopic (exact) mass is 236 g/mol. The molecule has 1 N–H and O–H groups in total. The maximum Gasteiger partial charge on any atom is 0.476 e. The number of fused-ring (bicyclic) bond motifs is 2. The van der Waals surface area contributed by atoms with Crippen LogP contribution in [0.25, 0.3) is 0 Å². The number of carboxylic acids is 1. The van der Waals surface area contributed by atoms with Gasteiger partial charge in [0, 0.05) is 13.1 Å². The molecule has 2 amide bonds. The summed E-state index contributed by atoms with van der Waals surface area (Å²) < 4.78 is 25.6. The molecule has 2 heterocycles. The molecule has 0 aromatic heterocycles. The van der Waals surface area contributed by atoms with Gasteiger partial charge in [0.15, 0.2) is 0 Å². The van der Waals surface area contributed by atoms with E-state index in [2.05, 4.69) is 4.84 Å². The van der Waals surface area contributed by atoms with E-state index in [1.165, 1.54) is 4.90 Å². The number of hydroxylamine groups is 2. The summed E-state index contributed by atoms with van der Waals surface area (Å²) in [4.78, 5) is 27.0. The van der Waals surface area contributed by atoms with Crippen molar-refractivity contribution in [3.63, 3.8) is 0 Å². The third kappa shape index (κ3) is 1.69. The number of amides is 2. The minimum absolute atomic E-state index is 0.314. The van der Waals surface area contributed by atoms with E-state index in [1.807, 2.05) is 0 Å². The average molecular weight is 236 g/mol. The molecule has 2 aliphatic heterocycles. The summed E-state index contributed by atoms with van der Waals surface area (Å²) in [5.74, 6) is -2.41. The van der Waals surface area contributed by atoms with Crippen molar-refractivity contribution in [1.29, 1.82) is 0 Å². The van der Waals surface area contributed by atoms with E-state index in [0.717, 1.165) is 0 Å². The molecule has 0 spiro atoms. The van der Waals surface area contributed by atoms with E-state index in [-0.39, 0.29) is 0 Å². The van der Waals surface area contributed by atoms with Crippen molar-refractivity contribution in [2.45, 2.75) is 25.0 Å². The molecule has 6 nitrogen and oxygen atoms in total. The number of hydrogen-bond acceptors (Lipinski definition) is 3. The molecule has 2 aliphatic rings. The summed E-state index contributed by atoms with van der Waals surface area (Å²) >= 11 is 0. The Kier molecular flexibility index (Phi) is 2.45. The van der Waals surface area contributed by atoms with Crippen LogP contribution in [0, 0.1) is 0 Å². The number of urea groups is 1. The zero-order valence-electron chi connectivity index (χ0n) is 8.23. The lowest BCUT2D eigenvalue weighted by molar-refractivity contribution is -0.327. The zero-order valence-corrected chi connectivity index (χ0v) is 8.23. The Labute approximate surface area is 89.3 Å². The number of carboxylic acid groups (broad SMARTS) is 1. The predicted molar refractivity (Wildman–Crippen MR) is 45.5 cm³/mol. The van der Waals surface area contributed by atoms with Crippen molar-refractivity contribution >= 4 is 12.0 Å². The number of aliphatic carboxylic acids is 1. The third-order valence-corrected chi connectivity index (χ3v) is 2.65. The van der Waals surface area contributed by atoms with Crippen LogP contribution in [0.4, 0.5) is 13.6 Å². The standard InChI is InChI=1S/C8H10F2N2O4/c9-8(10,6(13)14)16-12-5-2-1-3-11(4-5)7(12)15/h5H,1-4H2,(H,13,14)/t5-/m0/s1. The topological polar surface area (TPSA) is 70.1 Å². The van der Waals surface area contributed by atoms with Crippen molar-refractivity contribution in [2.24, 2.45) is 0 Å². The summed E-state index contributed by atoms with van der Waals surface area (Å²) in [5.41, 5.74) is 0. The lowest BCUT2D eigenvalue weighted by Gasteiger charge is -2.24. The molecule has 1 atom stereocenters. The summed E-state index contributed by atoms with van der Waals surface area (Å²) in [6, 6.07) is -1.17. The molecule has 0 radical (unpaired) electrons. The van der Waals surface area contributed by atoms with Gasteiger partial charge in [-0.25, -0.2) is 9.59 Å². The maximum absolute atomic E-state index is 12.8. The maximum atomic E-state index is 12.8. The average Bonchev–Trinajstić information content (AvgIpc) is 2.42. The van der Waals surface area contributed by atoms with Crippen LogP contribution in [0.1, 0.15) is 12.8 Å². The number of carbonyl (C=O) groups excluding carboxylic acids is 1. The van der Waals surface area contributed by atoms with E-state index in [4.69, 9.17) is 5.11 Å². The second-order valence-corrected chi connectivity index (χ2v) is 3.76. The van der Waals surface area contributed by atoms with Crippen molar-refractivity contribution in [3.05, 3.63) is 0 Å². The van der Waals surface area contributed by atoms with Gasteiger partial charge in [-0.2, -0.15) is 18.7 Å². The van der Waals surface area contributed by atoms with E-state index in [0.29, 0.717) is 31.0 Å². The molecule has 0 saturated carbocycles. The molecule has 2 bridgehead atoms. The fourth-order valence-corrected chi connectivity index (χ4v) is 1.89. The number of carbonyl (C=O) groups is 2. The fourth-order valence-electron chi connectivity index (χ4n) is 1.89. The Morgan fingerprint density at radius 1 is 1.56 bits per heavy atom. The van der Waals surface area contributed by atoms with Crippen LogP contribution in [-0.2, 0) is 9.63 Å². The zero-order chi connectivity index (χ0) is 11.9. The highest BCUT2D eigenvalue weighted by molar-refractivity contribution is 5.77. The fraction of sp³-hybridized carbons (Fsp3) is 0.750. The van der Waals surface area contributed by atoms with E-state index in [1.54, 1.807) is 0 Å². The first-order chi connectivity index (χ1) is 7.42. The Morgan fingerprint density at radius 2 is 2.25 bits per heavy atom. The van der Waals surface area contributed by atoms with Crippen LogP contribution in [0.2, 0.25) is 0 Å². The molecule has 0 aliphatic carbocycles. The highest BCUT2D eigenvalue weighted by atomic mass is 19.3. The van der Waals surface area contributed by atoms with Gasteiger partial charge in [0.25, 0.3) is 0 Å². The second-order valence-electron chi connectivity index (χ2n) is 3.76. The Balaban J connectivity index is 2.10. The van der Waals surface area contributed by atoms with Crippen LogP contribution in [-0.4, -0.2) is 52.3 Å². The van der Waals surface area contributed by atoms with Crippen LogP contribution >= 0.6 is 0 Å². The molecule has 2 saturated heterocycles. The molecule has 16 heavy (non-hydrogen) atoms. The van der Waals surface area contributed by atoms with Crippen LogP contribution in [0.15, 0.2) is 0 Å². The molecule has 90 valence electrons. The van der Waals surface area contributed by atoms with Gasteiger partial charge >= 0.3 is 18.1 Å². The SMILES string of the molecule is O=C1N2CCC[C@@H](C2)N1OC(F)(F)C(=O)O. The lowest BCUT2D eigenvalue weighted by Crippen LogP contribution is -2.44. The first-order valence-electron chi connectivity index (χ1n) is 4.80. The van der Waals surface area contributed by atoms with Crippen LogP contribution in [0.3, 0.4) is 0 Å². The first-order valence-corrected chi connectivity index (χ1v) is 4.80. The number of alkyl halides is 2. The summed E-state index contributed by atoms with van der Waals surface area (Å²) in [6.45, 7) is 0.808. The van der Waals surface area contributed by atoms with Crippen molar-refractivity contribution in [1.82, 2.24) is 9.96 Å². The smallest absolute Gasteiger partial charge is 0.475 e. The molecular formula is C8H10F2N2O4. The van der Waals surface area contributed by atoms with Gasteiger partial charge in [0.1, 0.15) is 0 Å². The van der Waals surface area contributed by atoms with E-state index >= 15 is 0 Å². The van der Waals surface area contributed by atoms with Gasteiger partial charge in [-0.3, -0.25) is 0 Å². The molecule has 0 aromatic carbocycles. The van der Waals surface area contributed by atoms with Gasteiger partial charge in [0.05, 0.1) is 6.04 Å². The minimum Gasteiger partial charge on any atom is -0.475 e. The number of halogens is 2. The van der Waals surface area contributed by atoms with Crippen LogP contribution in [0.5, 0.6) is 0 Å². The first kappa shape index (κ1) is 11.1. The summed E-state index contributed by atoms with van der Waals surface area (Å²) in [5, 5.41) is 8.69. The molecular weight excluding hydrogens is 226 g/mol. The van der Waals surface area contributed by atoms with Crippen molar-refractivity contribution in [3.8, 4) is 0 Å². The highest BCUT2D eigenvalue weighted by Gasteiger charge is 2.50. The quantitative estimate of drug-likeness (QED) is 0.774. The highest BCUT2D eigenvalue weighted by Crippen LogP contribution is 2.29. The largest absolute Gasteiger partial charge is 0.476 e. The van der Waals surface area contributed by atoms with Crippen LogP contribution < -0.4 is 0 Å². The van der Waals surface area contributed by atoms with E-state index in [9.17, 15) is 18.4 Å². The molecule has 0 unspecified atom stereocenters. The van der Waals surface area contributed by atoms with Gasteiger partial charge in [-0.05, 0) is 12.8 Å². The van der Waals surface area contributed by atoms with Gasteiger partial charge in [-0.1, -0.05) is 0 Å². The van der Waals surface area contributed by atoms with Crippen molar-refractivity contribution < 1.29 is 28.3 Å². The predicted octanol–water partition coefficient (Wildman–Crippen LogP) is 0.495. The number of nitrogens with zero attached hydrogens (tertiary/aromatic N) is 2. The van der Waals surface area contributed by atoms with Gasteiger partial charge in [0.2, 0.25) is 0 Å². The minimum atomic E-state index is -4.37. The van der Waals surface area contributed by atoms with E-state index < -0.39 is 24.2 Å². The molecule has 2 rings (SSSR count). The normalized spacial score (nSPS) is 25.1. The molecule has 0 aromatic rings. The molecule has 2 fully saturated rings. The van der Waals surface area contributed by atoms with Gasteiger partial charge < -0.3 is 10.0 Å². The number of rotatable bonds is 3.